The van der Waals surface area contributed by atoms with Gasteiger partial charge in [0.1, 0.15) is 5.75 Å². The number of alkyl halides is 3. The number of carbonyl (C=O) groups is 1. The summed E-state index contributed by atoms with van der Waals surface area (Å²) in [6, 6.07) is 29.4. The summed E-state index contributed by atoms with van der Waals surface area (Å²) in [6.45, 7) is 1.52. The van der Waals surface area contributed by atoms with Crippen LogP contribution in [0.15, 0.2) is 108 Å². The quantitative estimate of drug-likeness (QED) is 0.118. The van der Waals surface area contributed by atoms with Crippen molar-refractivity contribution in [3.8, 4) is 5.75 Å². The van der Waals surface area contributed by atoms with Gasteiger partial charge in [0, 0.05) is 31.8 Å². The van der Waals surface area contributed by atoms with E-state index in [4.69, 9.17) is 9.47 Å². The maximum atomic E-state index is 13.5. The van der Waals surface area contributed by atoms with E-state index in [1.807, 2.05) is 60.7 Å². The number of sulfone groups is 1. The summed E-state index contributed by atoms with van der Waals surface area (Å²) in [5, 5.41) is 0. The molecule has 6 nitrogen and oxygen atoms in total. The number of methoxy groups -OCH3 is 1. The number of nitrogens with zero attached hydrogens (tertiary/aromatic N) is 1. The summed E-state index contributed by atoms with van der Waals surface area (Å²) in [5.74, 6) is -0.533. The van der Waals surface area contributed by atoms with Crippen molar-refractivity contribution in [2.75, 3.05) is 33.1 Å². The molecule has 232 valence electrons. The molecule has 0 fully saturated rings. The Balaban J connectivity index is 1.55. The lowest BCUT2D eigenvalue weighted by atomic mass is 9.90. The average molecular weight is 626 g/mol. The summed E-state index contributed by atoms with van der Waals surface area (Å²) >= 11 is 0. The van der Waals surface area contributed by atoms with Gasteiger partial charge < -0.3 is 9.47 Å². The fraction of sp³-hybridized carbons (Fsp3) is 0.265. The molecule has 0 heterocycles. The van der Waals surface area contributed by atoms with Crippen LogP contribution in [0.4, 0.5) is 13.2 Å². The van der Waals surface area contributed by atoms with Crippen molar-refractivity contribution in [3.63, 3.8) is 0 Å². The van der Waals surface area contributed by atoms with Crippen LogP contribution in [0.3, 0.4) is 0 Å². The van der Waals surface area contributed by atoms with Crippen LogP contribution in [0, 0.1) is 0 Å². The summed E-state index contributed by atoms with van der Waals surface area (Å²) in [5.41, 5.74) is 1.93. The van der Waals surface area contributed by atoms with Gasteiger partial charge in [-0.15, -0.1) is 0 Å². The maximum absolute atomic E-state index is 13.5. The van der Waals surface area contributed by atoms with Gasteiger partial charge in [0.25, 0.3) is 0 Å². The molecule has 44 heavy (non-hydrogen) atoms. The van der Waals surface area contributed by atoms with E-state index in [1.165, 1.54) is 37.4 Å². The fourth-order valence-electron chi connectivity index (χ4n) is 5.03. The molecule has 0 spiro atoms. The second kappa shape index (κ2) is 14.5. The van der Waals surface area contributed by atoms with E-state index in [0.29, 0.717) is 25.1 Å². The van der Waals surface area contributed by atoms with Gasteiger partial charge in [-0.1, -0.05) is 78.9 Å². The minimum absolute atomic E-state index is 0.0349. The zero-order valence-electron chi connectivity index (χ0n) is 24.5. The van der Waals surface area contributed by atoms with Crippen molar-refractivity contribution in [2.24, 2.45) is 0 Å². The first-order valence-electron chi connectivity index (χ1n) is 14.0. The molecule has 0 aliphatic heterocycles. The molecule has 0 amide bonds. The van der Waals surface area contributed by atoms with Crippen molar-refractivity contribution in [1.82, 2.24) is 4.90 Å². The Morgan fingerprint density at radius 2 is 1.50 bits per heavy atom. The number of benzene rings is 4. The molecule has 4 rings (SSSR count). The molecule has 4 aromatic rings. The van der Waals surface area contributed by atoms with Crippen molar-refractivity contribution in [1.29, 1.82) is 0 Å². The summed E-state index contributed by atoms with van der Waals surface area (Å²) in [6.07, 6.45) is -2.94. The van der Waals surface area contributed by atoms with Gasteiger partial charge in [-0.05, 0) is 47.4 Å². The van der Waals surface area contributed by atoms with Gasteiger partial charge in [0.05, 0.1) is 29.7 Å². The minimum Gasteiger partial charge on any atom is -0.494 e. The van der Waals surface area contributed by atoms with E-state index in [-0.39, 0.29) is 35.3 Å². The van der Waals surface area contributed by atoms with Crippen molar-refractivity contribution in [2.45, 2.75) is 30.0 Å². The van der Waals surface area contributed by atoms with Gasteiger partial charge in [0.15, 0.2) is 9.84 Å². The first-order chi connectivity index (χ1) is 21.0. The number of rotatable bonds is 13. The van der Waals surface area contributed by atoms with Crippen LogP contribution in [0.25, 0.3) is 0 Å². The highest BCUT2D eigenvalue weighted by molar-refractivity contribution is 7.90. The molecule has 0 atom stereocenters. The Morgan fingerprint density at radius 1 is 0.864 bits per heavy atom. The summed E-state index contributed by atoms with van der Waals surface area (Å²) in [7, 11) is -2.57. The minimum atomic E-state index is -4.44. The third-order valence-corrected chi connectivity index (χ3v) is 8.29. The van der Waals surface area contributed by atoms with Gasteiger partial charge >= 0.3 is 12.1 Å². The predicted molar refractivity (Wildman–Crippen MR) is 162 cm³/mol. The SMILES string of the molecule is COC(=O)c1ccc(OCCCN(Cc2cccc(C(F)(F)F)c2)CC(c2ccccc2)c2ccccc2)cc1S(C)(=O)=O. The second-order valence-corrected chi connectivity index (χ2v) is 12.4. The lowest BCUT2D eigenvalue weighted by Crippen LogP contribution is -2.31. The molecule has 0 saturated carbocycles. The normalized spacial score (nSPS) is 12.0. The number of ether oxygens (including phenoxy) is 2. The number of hydrogen-bond acceptors (Lipinski definition) is 6. The molecule has 0 aromatic heterocycles. The molecule has 0 N–H and O–H groups in total. The Labute approximate surface area is 256 Å². The van der Waals surface area contributed by atoms with Crippen molar-refractivity contribution in [3.05, 3.63) is 131 Å². The van der Waals surface area contributed by atoms with Crippen LogP contribution in [0.2, 0.25) is 0 Å². The first-order valence-corrected chi connectivity index (χ1v) is 15.9. The number of carbonyl (C=O) groups excluding carboxylic acids is 1. The third kappa shape index (κ3) is 8.93. The monoisotopic (exact) mass is 625 g/mol. The molecule has 0 aliphatic rings. The Bertz CT molecular complexity index is 1610. The lowest BCUT2D eigenvalue weighted by molar-refractivity contribution is -0.137. The second-order valence-electron chi connectivity index (χ2n) is 10.4. The smallest absolute Gasteiger partial charge is 0.416 e. The highest BCUT2D eigenvalue weighted by Gasteiger charge is 2.30. The van der Waals surface area contributed by atoms with Gasteiger partial charge in [-0.3, -0.25) is 4.90 Å². The molecule has 0 bridgehead atoms. The van der Waals surface area contributed by atoms with Gasteiger partial charge in [-0.25, -0.2) is 13.2 Å². The van der Waals surface area contributed by atoms with E-state index in [2.05, 4.69) is 4.90 Å². The molecular weight excluding hydrogens is 591 g/mol. The standard InChI is InChI=1S/C34H34F3NO5S/c1-42-33(39)30-18-17-29(22-32(30)44(2,40)41)43-20-10-19-38(23-25-11-9-16-28(21-25)34(35,36)37)24-31(26-12-5-3-6-13-26)27-14-7-4-8-15-27/h3-9,11-18,21-22,31H,10,19-20,23-24H2,1-2H3. The zero-order valence-corrected chi connectivity index (χ0v) is 25.3. The molecule has 0 unspecified atom stereocenters. The Morgan fingerprint density at radius 3 is 2.07 bits per heavy atom. The summed E-state index contributed by atoms with van der Waals surface area (Å²) in [4.78, 5) is 14.0. The largest absolute Gasteiger partial charge is 0.494 e. The van der Waals surface area contributed by atoms with Crippen LogP contribution in [0.1, 0.15) is 45.0 Å². The van der Waals surface area contributed by atoms with Gasteiger partial charge in [0.2, 0.25) is 0 Å². The van der Waals surface area contributed by atoms with E-state index < -0.39 is 27.5 Å². The van der Waals surface area contributed by atoms with Crippen LogP contribution in [-0.2, 0) is 27.3 Å². The van der Waals surface area contributed by atoms with E-state index in [9.17, 15) is 26.4 Å². The Hall–Kier alpha value is -4.15. The highest BCUT2D eigenvalue weighted by Crippen LogP contribution is 2.31. The van der Waals surface area contributed by atoms with Crippen LogP contribution < -0.4 is 4.74 Å². The average Bonchev–Trinajstić information content (AvgIpc) is 3.01. The van der Waals surface area contributed by atoms with E-state index >= 15 is 0 Å². The van der Waals surface area contributed by atoms with Crippen LogP contribution in [0.5, 0.6) is 5.75 Å². The third-order valence-electron chi connectivity index (χ3n) is 7.15. The molecule has 10 heteroatoms. The molecular formula is C34H34F3NO5S. The predicted octanol–water partition coefficient (Wildman–Crippen LogP) is 7.00. The van der Waals surface area contributed by atoms with Crippen LogP contribution in [-0.4, -0.2) is 52.3 Å². The first kappa shape index (κ1) is 32.8. The lowest BCUT2D eigenvalue weighted by Gasteiger charge is -2.29. The summed E-state index contributed by atoms with van der Waals surface area (Å²) < 4.78 is 75.6. The number of esters is 1. The number of halogens is 3. The maximum Gasteiger partial charge on any atom is 0.416 e. The molecule has 4 aromatic carbocycles. The van der Waals surface area contributed by atoms with Crippen molar-refractivity contribution >= 4 is 15.8 Å². The van der Waals surface area contributed by atoms with E-state index in [0.717, 1.165) is 23.4 Å². The molecule has 0 radical (unpaired) electrons. The fourth-order valence-corrected chi connectivity index (χ4v) is 5.91. The van der Waals surface area contributed by atoms with Gasteiger partial charge in [-0.2, -0.15) is 13.2 Å². The highest BCUT2D eigenvalue weighted by atomic mass is 32.2. The Kier molecular flexibility index (Phi) is 10.8. The van der Waals surface area contributed by atoms with Crippen LogP contribution >= 0.6 is 0 Å². The number of hydrogen-bond donors (Lipinski definition) is 0. The zero-order chi connectivity index (χ0) is 31.7. The van der Waals surface area contributed by atoms with E-state index in [1.54, 1.807) is 6.07 Å². The van der Waals surface area contributed by atoms with Crippen molar-refractivity contribution < 1.29 is 35.9 Å². The topological polar surface area (TPSA) is 72.9 Å². The molecule has 0 saturated heterocycles. The molecule has 0 aliphatic carbocycles.